The molecule has 0 heterocycles. The quantitative estimate of drug-likeness (QED) is 0.764. The molecular formula is C8H2F3O5. The zero-order chi connectivity index (χ0) is 13.3. The third kappa shape index (κ3) is 1.53. The third-order valence-electron chi connectivity index (χ3n) is 1.70. The Kier molecular flexibility index (Phi) is 2.39. The number of carboxylic acid groups (broad SMARTS) is 2. The molecule has 0 aromatic heterocycles. The van der Waals surface area contributed by atoms with Crippen LogP contribution in [-0.4, -0.2) is 22.2 Å². The molecule has 1 rings (SSSR count). The number of carbonyl (C=O) groups is 2. The minimum Gasteiger partial charge on any atom is -0.478 e. The summed E-state index contributed by atoms with van der Waals surface area (Å²) in [7, 11) is 0. The van der Waals surface area contributed by atoms with Crippen LogP contribution in [0, 0.1) is 17.5 Å². The second-order valence-electron chi connectivity index (χ2n) is 2.61. The summed E-state index contributed by atoms with van der Waals surface area (Å²) >= 11 is 0. The standard InChI is InChI=1S/C8H2F3O5/c9-3-1(7(13)14)2(8(15)16)4(10)6(12)5(3)11/h(H,13,14)(H,15,16)/i/hT. The van der Waals surface area contributed by atoms with Crippen molar-refractivity contribution in [1.82, 2.24) is 0 Å². The van der Waals surface area contributed by atoms with E-state index in [4.69, 9.17) is 6.54 Å². The molecule has 0 aliphatic rings. The first-order chi connectivity index (χ1) is 7.82. The molecule has 0 saturated heterocycles. The van der Waals surface area contributed by atoms with Gasteiger partial charge in [-0.25, -0.2) is 18.4 Å². The van der Waals surface area contributed by atoms with Crippen LogP contribution < -0.4 is 0 Å². The Morgan fingerprint density at radius 2 is 1.50 bits per heavy atom. The predicted octanol–water partition coefficient (Wildman–Crippen LogP) is 1.64. The molecule has 0 fully saturated rings. The highest BCUT2D eigenvalue weighted by atomic mass is 19.2. The maximum atomic E-state index is 13.1. The van der Waals surface area contributed by atoms with E-state index in [2.05, 4.69) is 5.11 Å². The first-order valence-electron chi connectivity index (χ1n) is 4.02. The molecule has 85 valence electrons. The van der Waals surface area contributed by atoms with E-state index in [0.29, 0.717) is 0 Å². The van der Waals surface area contributed by atoms with E-state index in [1.54, 1.807) is 0 Å². The van der Waals surface area contributed by atoms with Crippen LogP contribution in [0.4, 0.5) is 13.2 Å². The summed E-state index contributed by atoms with van der Waals surface area (Å²) in [6.07, 6.45) is 0. The van der Waals surface area contributed by atoms with Gasteiger partial charge in [0.2, 0.25) is 5.82 Å². The van der Waals surface area contributed by atoms with Gasteiger partial charge in [0.15, 0.2) is 11.6 Å². The minimum absolute atomic E-state index is 1.65. The molecule has 0 saturated carbocycles. The zero-order valence-corrected chi connectivity index (χ0v) is 7.21. The molecule has 1 radical (unpaired) electrons. The molecule has 2 N–H and O–H groups in total. The summed E-state index contributed by atoms with van der Waals surface area (Å²) in [5.41, 5.74) is -3.33. The van der Waals surface area contributed by atoms with Gasteiger partial charge in [0.05, 0.1) is 0 Å². The number of hydrogen-bond acceptors (Lipinski definition) is 3. The predicted molar refractivity (Wildman–Crippen MR) is 40.4 cm³/mol. The van der Waals surface area contributed by atoms with Crippen molar-refractivity contribution in [2.45, 2.75) is 0 Å². The average molecular weight is 237 g/mol. The Hall–Kier alpha value is -2.25. The zero-order valence-electron chi connectivity index (χ0n) is 8.21. The van der Waals surface area contributed by atoms with Gasteiger partial charge < -0.3 is 10.2 Å². The van der Waals surface area contributed by atoms with E-state index in [-0.39, 0.29) is 0 Å². The first kappa shape index (κ1) is 10.3. The highest BCUT2D eigenvalue weighted by Gasteiger charge is 2.33. The summed E-state index contributed by atoms with van der Waals surface area (Å²) in [6.45, 7) is 0. The molecule has 1 aromatic carbocycles. The average Bonchev–Trinajstić information content (AvgIpc) is 2.29. The van der Waals surface area contributed by atoms with Crippen molar-refractivity contribution < 1.29 is 38.1 Å². The van der Waals surface area contributed by atoms with E-state index in [9.17, 15) is 27.9 Å². The monoisotopic (exact) mass is 237 g/mol. The number of aromatic carboxylic acids is 2. The van der Waals surface area contributed by atoms with E-state index in [1.807, 2.05) is 0 Å². The van der Waals surface area contributed by atoms with E-state index >= 15 is 0 Å². The van der Waals surface area contributed by atoms with Gasteiger partial charge in [0.1, 0.15) is 11.1 Å². The fourth-order valence-corrected chi connectivity index (χ4v) is 1.03. The fourth-order valence-electron chi connectivity index (χ4n) is 1.03. The summed E-state index contributed by atoms with van der Waals surface area (Å²) in [5.74, 6) is -12.8. The topological polar surface area (TPSA) is 94.5 Å². The molecular weight excluding hydrogens is 233 g/mol. The van der Waals surface area contributed by atoms with Crippen LogP contribution in [0.15, 0.2) is 0 Å². The van der Waals surface area contributed by atoms with Gasteiger partial charge in [-0.3, -0.25) is 5.11 Å². The van der Waals surface area contributed by atoms with E-state index in [0.717, 1.165) is 0 Å². The van der Waals surface area contributed by atoms with Gasteiger partial charge >= 0.3 is 11.9 Å². The highest BCUT2D eigenvalue weighted by molar-refractivity contribution is 6.02. The van der Waals surface area contributed by atoms with Crippen LogP contribution in [0.3, 0.4) is 0 Å². The van der Waals surface area contributed by atoms with Crippen molar-refractivity contribution >= 4 is 11.9 Å². The minimum atomic E-state index is -2.26. The highest BCUT2D eigenvalue weighted by Crippen LogP contribution is 2.30. The first-order valence-corrected chi connectivity index (χ1v) is 3.61. The smallest absolute Gasteiger partial charge is 0.339 e. The van der Waals surface area contributed by atoms with Crippen molar-refractivity contribution in [3.05, 3.63) is 28.6 Å². The second-order valence-corrected chi connectivity index (χ2v) is 2.61. The van der Waals surface area contributed by atoms with Gasteiger partial charge in [-0.2, -0.15) is 4.39 Å². The molecule has 0 aliphatic heterocycles. The fraction of sp³-hybridized carbons (Fsp3) is 0. The van der Waals surface area contributed by atoms with Gasteiger partial charge in [-0.15, -0.1) is 0 Å². The molecule has 0 bridgehead atoms. The van der Waals surface area contributed by atoms with E-state index < -0.39 is 46.3 Å². The Balaban J connectivity index is 3.78. The van der Waals surface area contributed by atoms with Crippen molar-refractivity contribution in [2.75, 3.05) is 0 Å². The molecule has 0 spiro atoms. The van der Waals surface area contributed by atoms with Crippen LogP contribution in [0.2, 0.25) is 0 Å². The van der Waals surface area contributed by atoms with Gasteiger partial charge in [-0.05, 0) is 0 Å². The van der Waals surface area contributed by atoms with Crippen LogP contribution in [0.1, 0.15) is 20.7 Å². The van der Waals surface area contributed by atoms with Crippen LogP contribution in [0.25, 0.3) is 1.43 Å². The Labute approximate surface area is 86.9 Å². The number of rotatable bonds is 2. The number of benzene rings is 1. The Morgan fingerprint density at radius 3 is 1.94 bits per heavy atom. The molecule has 8 heteroatoms. The van der Waals surface area contributed by atoms with Gasteiger partial charge in [0.25, 0.3) is 7.18 Å². The summed E-state index contributed by atoms with van der Waals surface area (Å²) in [6, 6.07) is 0. The molecule has 0 amide bonds. The number of halogens is 3. The Bertz CT molecular complexity index is 517. The van der Waals surface area contributed by atoms with Crippen LogP contribution in [-0.2, 0) is 5.11 Å². The lowest BCUT2D eigenvalue weighted by Gasteiger charge is -2.05. The van der Waals surface area contributed by atoms with E-state index in [1.165, 1.54) is 0 Å². The third-order valence-corrected chi connectivity index (χ3v) is 1.70. The molecule has 5 nitrogen and oxygen atoms in total. The largest absolute Gasteiger partial charge is 0.478 e. The van der Waals surface area contributed by atoms with Crippen LogP contribution in [0.5, 0.6) is 5.75 Å². The maximum Gasteiger partial charge on any atom is 0.339 e. The summed E-state index contributed by atoms with van der Waals surface area (Å²) in [5, 5.41) is 22.4. The normalized spacial score (nSPS) is 10.8. The molecule has 0 atom stereocenters. The van der Waals surface area contributed by atoms with Gasteiger partial charge in [0, 0.05) is 0 Å². The second kappa shape index (κ2) is 3.72. The number of hydrogen-bond donors (Lipinski definition) is 2. The van der Waals surface area contributed by atoms with Crippen molar-refractivity contribution in [1.29, 1.82) is 1.43 Å². The maximum absolute atomic E-state index is 13.1. The van der Waals surface area contributed by atoms with Gasteiger partial charge in [-0.1, -0.05) is 0 Å². The molecule has 16 heavy (non-hydrogen) atoms. The number of carboxylic acids is 2. The lowest BCUT2D eigenvalue weighted by molar-refractivity contribution is 0.0639. The molecule has 1 aromatic rings. The van der Waals surface area contributed by atoms with Crippen molar-refractivity contribution in [2.24, 2.45) is 0 Å². The summed E-state index contributed by atoms with van der Waals surface area (Å²) < 4.78 is 45.1. The van der Waals surface area contributed by atoms with Crippen molar-refractivity contribution in [3.8, 4) is 5.75 Å². The van der Waals surface area contributed by atoms with Crippen LogP contribution >= 0.6 is 0 Å². The van der Waals surface area contributed by atoms with Crippen molar-refractivity contribution in [3.63, 3.8) is 0 Å². The SMILES string of the molecule is [3H]OC(=O)c1c(F)c(F)c([O])c(F)c1C(=O)O. The lowest BCUT2D eigenvalue weighted by Crippen LogP contribution is -2.15. The summed E-state index contributed by atoms with van der Waals surface area (Å²) in [4.78, 5) is 21.4. The molecule has 0 unspecified atom stereocenters. The lowest BCUT2D eigenvalue weighted by atomic mass is 10.0. The Morgan fingerprint density at radius 1 is 1.00 bits per heavy atom. The molecule has 0 aliphatic carbocycles.